The minimum atomic E-state index is -1.01. The summed E-state index contributed by atoms with van der Waals surface area (Å²) in [4.78, 5) is 26.7. The Hall–Kier alpha value is -2.37. The zero-order valence-electron chi connectivity index (χ0n) is 15.1. The van der Waals surface area contributed by atoms with Gasteiger partial charge in [-0.05, 0) is 30.7 Å². The third kappa shape index (κ3) is 3.64. The van der Waals surface area contributed by atoms with E-state index in [1.165, 1.54) is 41.3 Å². The highest BCUT2D eigenvalue weighted by atomic mass is 35.5. The first kappa shape index (κ1) is 20.4. The predicted octanol–water partition coefficient (Wildman–Crippen LogP) is 5.35. The molecule has 1 amide bonds. The van der Waals surface area contributed by atoms with E-state index in [0.29, 0.717) is 6.42 Å². The second-order valence-corrected chi connectivity index (χ2v) is 7.31. The van der Waals surface area contributed by atoms with Crippen molar-refractivity contribution in [2.75, 3.05) is 6.54 Å². The van der Waals surface area contributed by atoms with Gasteiger partial charge in [0.15, 0.2) is 0 Å². The van der Waals surface area contributed by atoms with Crippen LogP contribution >= 0.6 is 23.2 Å². The van der Waals surface area contributed by atoms with Gasteiger partial charge in [-0.25, -0.2) is 4.39 Å². The van der Waals surface area contributed by atoms with Crippen LogP contribution in [0.25, 0.3) is 5.76 Å². The smallest absolute Gasteiger partial charge is 0.295 e. The summed E-state index contributed by atoms with van der Waals surface area (Å²) in [6, 6.07) is 9.26. The van der Waals surface area contributed by atoms with E-state index in [0.717, 1.165) is 6.42 Å². The molecule has 28 heavy (non-hydrogen) atoms. The van der Waals surface area contributed by atoms with Gasteiger partial charge in [0.2, 0.25) is 0 Å². The molecule has 0 saturated carbocycles. The van der Waals surface area contributed by atoms with Gasteiger partial charge in [-0.3, -0.25) is 9.59 Å². The van der Waals surface area contributed by atoms with E-state index >= 15 is 0 Å². The number of rotatable bonds is 5. The average Bonchev–Trinajstić information content (AvgIpc) is 2.92. The van der Waals surface area contributed by atoms with Gasteiger partial charge >= 0.3 is 0 Å². The van der Waals surface area contributed by atoms with E-state index in [4.69, 9.17) is 23.2 Å². The van der Waals surface area contributed by atoms with Crippen LogP contribution < -0.4 is 0 Å². The summed E-state index contributed by atoms with van der Waals surface area (Å²) < 4.78 is 14.6. The molecule has 1 unspecified atom stereocenters. The fourth-order valence-electron chi connectivity index (χ4n) is 3.26. The summed E-state index contributed by atoms with van der Waals surface area (Å²) in [5, 5.41) is 11.3. The molecule has 0 aromatic heterocycles. The van der Waals surface area contributed by atoms with E-state index in [1.807, 2.05) is 6.92 Å². The molecule has 2 aromatic carbocycles. The van der Waals surface area contributed by atoms with Crippen molar-refractivity contribution >= 4 is 40.7 Å². The zero-order valence-corrected chi connectivity index (χ0v) is 16.6. The number of amides is 1. The van der Waals surface area contributed by atoms with Gasteiger partial charge in [0.25, 0.3) is 11.7 Å². The number of nitrogens with zero attached hydrogens (tertiary/aromatic N) is 1. The van der Waals surface area contributed by atoms with Crippen LogP contribution in [0.1, 0.15) is 36.9 Å². The van der Waals surface area contributed by atoms with Gasteiger partial charge in [0, 0.05) is 17.7 Å². The van der Waals surface area contributed by atoms with Gasteiger partial charge in [-0.1, -0.05) is 54.7 Å². The molecule has 1 saturated heterocycles. The Labute approximate surface area is 172 Å². The molecular weight excluding hydrogens is 404 g/mol. The van der Waals surface area contributed by atoms with Gasteiger partial charge in [0.1, 0.15) is 11.6 Å². The fraction of sp³-hybridized carbons (Fsp3) is 0.238. The topological polar surface area (TPSA) is 57.6 Å². The second-order valence-electron chi connectivity index (χ2n) is 6.50. The minimum Gasteiger partial charge on any atom is -0.507 e. The molecule has 0 radical (unpaired) electrons. The third-order valence-electron chi connectivity index (χ3n) is 4.69. The van der Waals surface area contributed by atoms with E-state index in [2.05, 4.69) is 0 Å². The van der Waals surface area contributed by atoms with Crippen molar-refractivity contribution in [3.8, 4) is 0 Å². The largest absolute Gasteiger partial charge is 0.507 e. The normalized spacial score (nSPS) is 18.7. The monoisotopic (exact) mass is 421 g/mol. The maximum Gasteiger partial charge on any atom is 0.295 e. The number of aliphatic hydroxyl groups excluding tert-OH is 1. The Kier molecular flexibility index (Phi) is 6.06. The van der Waals surface area contributed by atoms with Crippen LogP contribution in [0, 0.1) is 5.82 Å². The molecule has 2 aromatic rings. The third-order valence-corrected chi connectivity index (χ3v) is 5.42. The van der Waals surface area contributed by atoms with Gasteiger partial charge < -0.3 is 10.0 Å². The van der Waals surface area contributed by atoms with Crippen LogP contribution in [0.4, 0.5) is 4.39 Å². The molecule has 146 valence electrons. The number of unbranched alkanes of at least 4 members (excludes halogenated alkanes) is 1. The number of likely N-dealkylation sites (tertiary alicyclic amines) is 1. The number of hydrogen-bond donors (Lipinski definition) is 1. The molecule has 1 aliphatic rings. The number of hydrogen-bond acceptors (Lipinski definition) is 3. The molecule has 1 N–H and O–H groups in total. The molecule has 7 heteroatoms. The first-order chi connectivity index (χ1) is 13.4. The van der Waals surface area contributed by atoms with Gasteiger partial charge in [0.05, 0.1) is 21.7 Å². The molecule has 4 nitrogen and oxygen atoms in total. The minimum absolute atomic E-state index is 0.152. The molecule has 3 rings (SSSR count). The van der Waals surface area contributed by atoms with Crippen molar-refractivity contribution < 1.29 is 19.1 Å². The van der Waals surface area contributed by atoms with Crippen molar-refractivity contribution in [3.63, 3.8) is 0 Å². The van der Waals surface area contributed by atoms with Crippen LogP contribution in [0.3, 0.4) is 0 Å². The highest BCUT2D eigenvalue weighted by molar-refractivity contribution is 6.46. The lowest BCUT2D eigenvalue weighted by molar-refractivity contribution is -0.139. The lowest BCUT2D eigenvalue weighted by Crippen LogP contribution is -2.31. The zero-order chi connectivity index (χ0) is 20.4. The molecule has 0 spiro atoms. The molecule has 1 aliphatic heterocycles. The Balaban J connectivity index is 2.20. The molecule has 1 heterocycles. The number of carbonyl (C=O) groups excluding carboxylic acids is 2. The molecular formula is C21H18Cl2FNO3. The number of benzene rings is 2. The second kappa shape index (κ2) is 8.33. The van der Waals surface area contributed by atoms with Crippen LogP contribution in [0.2, 0.25) is 10.0 Å². The van der Waals surface area contributed by atoms with Crippen molar-refractivity contribution in [3.05, 3.63) is 75.0 Å². The summed E-state index contributed by atoms with van der Waals surface area (Å²) in [5.41, 5.74) is 0.216. The number of ketones is 1. The first-order valence-electron chi connectivity index (χ1n) is 8.85. The molecule has 0 bridgehead atoms. The first-order valence-corrected chi connectivity index (χ1v) is 9.60. The lowest BCUT2D eigenvalue weighted by atomic mass is 9.95. The Morgan fingerprint density at radius 3 is 2.50 bits per heavy atom. The SMILES string of the molecule is CCCCN1C(=O)C(=O)/C(=C(/O)c2ccc(Cl)c(Cl)c2)C1c1ccccc1F. The maximum atomic E-state index is 14.6. The van der Waals surface area contributed by atoms with Crippen molar-refractivity contribution in [1.82, 2.24) is 4.90 Å². The summed E-state index contributed by atoms with van der Waals surface area (Å²) in [6.07, 6.45) is 1.44. The Morgan fingerprint density at radius 2 is 1.86 bits per heavy atom. The fourth-order valence-corrected chi connectivity index (χ4v) is 3.56. The maximum absolute atomic E-state index is 14.6. The van der Waals surface area contributed by atoms with Crippen molar-refractivity contribution in [1.29, 1.82) is 0 Å². The summed E-state index contributed by atoms with van der Waals surface area (Å²) in [5.74, 6) is -2.59. The van der Waals surface area contributed by atoms with E-state index < -0.39 is 29.3 Å². The highest BCUT2D eigenvalue weighted by Gasteiger charge is 2.46. The summed E-state index contributed by atoms with van der Waals surface area (Å²) in [6.45, 7) is 2.22. The van der Waals surface area contributed by atoms with Crippen LogP contribution in [-0.2, 0) is 9.59 Å². The van der Waals surface area contributed by atoms with Crippen LogP contribution in [0.15, 0.2) is 48.0 Å². The standard InChI is InChI=1S/C21H18Cl2FNO3/c1-2-3-10-25-18(13-6-4-5-7-16(13)24)17(20(27)21(25)28)19(26)12-8-9-14(22)15(23)11-12/h4-9,11,18,26H,2-3,10H2,1H3/b19-17+. The Morgan fingerprint density at radius 1 is 1.14 bits per heavy atom. The summed E-state index contributed by atoms with van der Waals surface area (Å²) in [7, 11) is 0. The van der Waals surface area contributed by atoms with Crippen molar-refractivity contribution in [2.45, 2.75) is 25.8 Å². The summed E-state index contributed by atoms with van der Waals surface area (Å²) >= 11 is 11.9. The molecule has 1 fully saturated rings. The quantitative estimate of drug-likeness (QED) is 0.401. The lowest BCUT2D eigenvalue weighted by Gasteiger charge is -2.25. The number of Topliss-reactive ketones (excluding diaryl/α,β-unsaturated/α-hetero) is 1. The van der Waals surface area contributed by atoms with Gasteiger partial charge in [-0.15, -0.1) is 0 Å². The van der Waals surface area contributed by atoms with E-state index in [9.17, 15) is 19.1 Å². The van der Waals surface area contributed by atoms with Gasteiger partial charge in [-0.2, -0.15) is 0 Å². The van der Waals surface area contributed by atoms with Crippen LogP contribution in [-0.4, -0.2) is 28.2 Å². The van der Waals surface area contributed by atoms with Crippen molar-refractivity contribution in [2.24, 2.45) is 0 Å². The number of carbonyl (C=O) groups is 2. The highest BCUT2D eigenvalue weighted by Crippen LogP contribution is 2.41. The predicted molar refractivity (Wildman–Crippen MR) is 107 cm³/mol. The van der Waals surface area contributed by atoms with Crippen LogP contribution in [0.5, 0.6) is 0 Å². The average molecular weight is 422 g/mol. The number of halogens is 3. The Bertz CT molecular complexity index is 974. The van der Waals surface area contributed by atoms with E-state index in [-0.39, 0.29) is 33.3 Å². The molecule has 1 atom stereocenters. The van der Waals surface area contributed by atoms with E-state index in [1.54, 1.807) is 6.07 Å². The molecule has 0 aliphatic carbocycles. The number of aliphatic hydroxyl groups is 1.